The Labute approximate surface area is 229 Å². The molecule has 0 radical (unpaired) electrons. The Kier molecular flexibility index (Phi) is 16.4. The molecule has 0 bridgehead atoms. The molecule has 1 aromatic rings. The van der Waals surface area contributed by atoms with Gasteiger partial charge in [0.1, 0.15) is 5.75 Å². The predicted octanol–water partition coefficient (Wildman–Crippen LogP) is 0.939. The molecule has 0 unspecified atom stereocenters. The Morgan fingerprint density at radius 1 is 0.795 bits per heavy atom. The van der Waals surface area contributed by atoms with Crippen molar-refractivity contribution >= 4 is 23.8 Å². The number of methoxy groups -OCH3 is 1. The second-order valence-corrected chi connectivity index (χ2v) is 8.77. The van der Waals surface area contributed by atoms with Gasteiger partial charge in [-0.05, 0) is 30.5 Å². The van der Waals surface area contributed by atoms with Crippen LogP contribution in [0, 0.1) is 0 Å². The van der Waals surface area contributed by atoms with E-state index >= 15 is 0 Å². The summed E-state index contributed by atoms with van der Waals surface area (Å²) in [5.41, 5.74) is 1.18. The van der Waals surface area contributed by atoms with E-state index in [-0.39, 0.29) is 37.7 Å². The first-order valence-corrected chi connectivity index (χ1v) is 13.2. The van der Waals surface area contributed by atoms with Crippen LogP contribution in [0.1, 0.15) is 37.7 Å². The van der Waals surface area contributed by atoms with Crippen molar-refractivity contribution in [3.05, 3.63) is 29.8 Å². The Hall–Kier alpha value is -3.06. The number of carbonyl (C=O) groups is 4. The molecule has 0 spiro atoms. The Bertz CT molecular complexity index is 862. The van der Waals surface area contributed by atoms with Crippen LogP contribution >= 0.6 is 0 Å². The maximum absolute atomic E-state index is 11.9. The number of esters is 2. The van der Waals surface area contributed by atoms with Crippen molar-refractivity contribution in [2.45, 2.75) is 44.6 Å². The lowest BCUT2D eigenvalue weighted by atomic mass is 10.1. The SMILES string of the molecule is COc1ccc(CCCC(=O)NCCOCCOCCOCCOCCC(=O)NC2CC(=O)OC(=O)C2)cc1. The standard InChI is InChI=1S/C27H40N2O10/c1-34-23-7-5-21(6-8-23)3-2-4-24(30)28-10-12-36-14-16-38-18-17-37-15-13-35-11-9-25(31)29-22-19-26(32)39-27(33)20-22/h5-8,22H,2-4,9-20H2,1H3,(H,28,30)(H,29,31). The maximum Gasteiger partial charge on any atom is 0.315 e. The number of aryl methyl sites for hydroxylation is 1. The molecular formula is C27H40N2O10. The molecule has 12 heteroatoms. The van der Waals surface area contributed by atoms with Crippen LogP contribution in [0.2, 0.25) is 0 Å². The van der Waals surface area contributed by atoms with Crippen LogP contribution < -0.4 is 15.4 Å². The molecule has 2 rings (SSSR count). The fourth-order valence-corrected chi connectivity index (χ4v) is 3.61. The van der Waals surface area contributed by atoms with E-state index in [9.17, 15) is 19.2 Å². The zero-order valence-electron chi connectivity index (χ0n) is 22.6. The summed E-state index contributed by atoms with van der Waals surface area (Å²) in [5.74, 6) is -0.714. The molecule has 1 aromatic carbocycles. The highest BCUT2D eigenvalue weighted by Gasteiger charge is 2.28. The summed E-state index contributed by atoms with van der Waals surface area (Å²) < 4.78 is 31.2. The number of ether oxygens (including phenoxy) is 6. The van der Waals surface area contributed by atoms with Gasteiger partial charge in [0, 0.05) is 25.4 Å². The molecule has 0 aromatic heterocycles. The van der Waals surface area contributed by atoms with E-state index in [0.717, 1.165) is 18.6 Å². The zero-order chi connectivity index (χ0) is 28.1. The fourth-order valence-electron chi connectivity index (χ4n) is 3.61. The maximum atomic E-state index is 11.9. The first-order valence-electron chi connectivity index (χ1n) is 13.2. The second-order valence-electron chi connectivity index (χ2n) is 8.77. The third-order valence-corrected chi connectivity index (χ3v) is 5.61. The molecule has 39 heavy (non-hydrogen) atoms. The predicted molar refractivity (Wildman–Crippen MR) is 139 cm³/mol. The minimum Gasteiger partial charge on any atom is -0.497 e. The highest BCUT2D eigenvalue weighted by atomic mass is 16.6. The summed E-state index contributed by atoms with van der Waals surface area (Å²) in [6.07, 6.45) is 2.20. The lowest BCUT2D eigenvalue weighted by molar-refractivity contribution is -0.164. The molecule has 0 saturated carbocycles. The number of hydrogen-bond acceptors (Lipinski definition) is 10. The number of carbonyl (C=O) groups excluding carboxylic acids is 4. The molecule has 1 heterocycles. The molecular weight excluding hydrogens is 512 g/mol. The molecule has 1 aliphatic heterocycles. The first-order chi connectivity index (χ1) is 19.0. The third kappa shape index (κ3) is 15.8. The quantitative estimate of drug-likeness (QED) is 0.128. The molecule has 0 aliphatic carbocycles. The van der Waals surface area contributed by atoms with Crippen molar-refractivity contribution in [1.29, 1.82) is 0 Å². The van der Waals surface area contributed by atoms with Gasteiger partial charge in [-0.2, -0.15) is 0 Å². The van der Waals surface area contributed by atoms with Gasteiger partial charge in [-0.3, -0.25) is 19.2 Å². The number of rotatable bonds is 21. The average molecular weight is 553 g/mol. The first kappa shape index (κ1) is 32.2. The van der Waals surface area contributed by atoms with Crippen LogP contribution in [0.15, 0.2) is 24.3 Å². The van der Waals surface area contributed by atoms with Crippen LogP contribution in [-0.4, -0.2) is 96.3 Å². The van der Waals surface area contributed by atoms with Gasteiger partial charge in [0.2, 0.25) is 11.8 Å². The van der Waals surface area contributed by atoms with Gasteiger partial charge in [0.15, 0.2) is 0 Å². The van der Waals surface area contributed by atoms with E-state index in [1.54, 1.807) is 7.11 Å². The lowest BCUT2D eigenvalue weighted by Crippen LogP contribution is -2.42. The highest BCUT2D eigenvalue weighted by Crippen LogP contribution is 2.13. The Balaban J connectivity index is 1.29. The summed E-state index contributed by atoms with van der Waals surface area (Å²) in [4.78, 5) is 46.1. The Morgan fingerprint density at radius 2 is 1.36 bits per heavy atom. The molecule has 1 saturated heterocycles. The topological polar surface area (TPSA) is 148 Å². The summed E-state index contributed by atoms with van der Waals surface area (Å²) in [7, 11) is 1.64. The fraction of sp³-hybridized carbons (Fsp3) is 0.630. The van der Waals surface area contributed by atoms with E-state index < -0.39 is 18.0 Å². The number of hydrogen-bond donors (Lipinski definition) is 2. The molecule has 218 valence electrons. The minimum absolute atomic E-state index is 0.00814. The second kappa shape index (κ2) is 19.9. The summed E-state index contributed by atoms with van der Waals surface area (Å²) >= 11 is 0. The Morgan fingerprint density at radius 3 is 1.95 bits per heavy atom. The van der Waals surface area contributed by atoms with Crippen molar-refractivity contribution < 1.29 is 47.6 Å². The molecule has 12 nitrogen and oxygen atoms in total. The van der Waals surface area contributed by atoms with Gasteiger partial charge in [0.25, 0.3) is 0 Å². The van der Waals surface area contributed by atoms with Gasteiger partial charge in [-0.1, -0.05) is 12.1 Å². The van der Waals surface area contributed by atoms with Gasteiger partial charge < -0.3 is 39.1 Å². The number of cyclic esters (lactones) is 2. The smallest absolute Gasteiger partial charge is 0.315 e. The molecule has 2 N–H and O–H groups in total. The number of amides is 2. The monoisotopic (exact) mass is 552 g/mol. The van der Waals surface area contributed by atoms with Crippen molar-refractivity contribution in [2.24, 2.45) is 0 Å². The number of benzene rings is 1. The minimum atomic E-state index is -0.629. The van der Waals surface area contributed by atoms with E-state index in [4.69, 9.17) is 23.7 Å². The van der Waals surface area contributed by atoms with Crippen molar-refractivity contribution in [3.8, 4) is 5.75 Å². The van der Waals surface area contributed by atoms with Gasteiger partial charge in [0.05, 0.1) is 72.8 Å². The summed E-state index contributed by atoms with van der Waals surface area (Å²) in [6.45, 7) is 3.46. The van der Waals surface area contributed by atoms with Crippen LogP contribution in [0.5, 0.6) is 5.75 Å². The van der Waals surface area contributed by atoms with E-state index in [1.807, 2.05) is 24.3 Å². The van der Waals surface area contributed by atoms with E-state index in [0.29, 0.717) is 59.2 Å². The van der Waals surface area contributed by atoms with Crippen molar-refractivity contribution in [1.82, 2.24) is 10.6 Å². The number of nitrogens with one attached hydrogen (secondary N) is 2. The van der Waals surface area contributed by atoms with Gasteiger partial charge in [-0.15, -0.1) is 0 Å². The van der Waals surface area contributed by atoms with Crippen LogP contribution in [0.25, 0.3) is 0 Å². The van der Waals surface area contributed by atoms with Crippen LogP contribution in [-0.2, 0) is 49.3 Å². The van der Waals surface area contributed by atoms with Crippen LogP contribution in [0.3, 0.4) is 0 Å². The normalized spacial score (nSPS) is 13.7. The van der Waals surface area contributed by atoms with Crippen molar-refractivity contribution in [3.63, 3.8) is 0 Å². The van der Waals surface area contributed by atoms with Gasteiger partial charge in [-0.25, -0.2) is 0 Å². The molecule has 1 fully saturated rings. The average Bonchev–Trinajstić information content (AvgIpc) is 2.90. The van der Waals surface area contributed by atoms with E-state index in [2.05, 4.69) is 15.4 Å². The van der Waals surface area contributed by atoms with Gasteiger partial charge >= 0.3 is 11.9 Å². The molecule has 2 amide bonds. The summed E-state index contributed by atoms with van der Waals surface area (Å²) in [6, 6.07) is 7.33. The molecule has 0 atom stereocenters. The third-order valence-electron chi connectivity index (χ3n) is 5.61. The largest absolute Gasteiger partial charge is 0.497 e. The summed E-state index contributed by atoms with van der Waals surface area (Å²) in [5, 5.41) is 5.47. The van der Waals surface area contributed by atoms with E-state index in [1.165, 1.54) is 5.56 Å². The van der Waals surface area contributed by atoms with Crippen molar-refractivity contribution in [2.75, 3.05) is 66.5 Å². The highest BCUT2D eigenvalue weighted by molar-refractivity contribution is 5.90. The lowest BCUT2D eigenvalue weighted by Gasteiger charge is -2.20. The zero-order valence-corrected chi connectivity index (χ0v) is 22.6. The molecule has 1 aliphatic rings. The van der Waals surface area contributed by atoms with Crippen LogP contribution in [0.4, 0.5) is 0 Å².